The molecule has 5 heteroatoms. The highest BCUT2D eigenvalue weighted by atomic mass is 35.5. The van der Waals surface area contributed by atoms with E-state index in [1.807, 2.05) is 13.8 Å². The van der Waals surface area contributed by atoms with Crippen LogP contribution in [-0.4, -0.2) is 35.4 Å². The summed E-state index contributed by atoms with van der Waals surface area (Å²) in [5.74, 6) is -0.651. The molecule has 13 heavy (non-hydrogen) atoms. The average Bonchev–Trinajstić information content (AvgIpc) is 2.45. The molecule has 1 aliphatic heterocycles. The molecular formula is C8H12ClNO3. The van der Waals surface area contributed by atoms with Crippen molar-refractivity contribution in [2.24, 2.45) is 5.92 Å². The lowest BCUT2D eigenvalue weighted by molar-refractivity contribution is -0.140. The number of amides is 1. The minimum absolute atomic E-state index is 0.0350. The summed E-state index contributed by atoms with van der Waals surface area (Å²) in [6, 6.07) is -0.466. The number of cyclic esters (lactones) is 1. The lowest BCUT2D eigenvalue weighted by atomic mass is 10.0. The second-order valence-corrected chi connectivity index (χ2v) is 3.55. The summed E-state index contributed by atoms with van der Waals surface area (Å²) in [6.45, 7) is 3.77. The zero-order chi connectivity index (χ0) is 10.0. The van der Waals surface area contributed by atoms with E-state index < -0.39 is 6.04 Å². The Labute approximate surface area is 81.8 Å². The van der Waals surface area contributed by atoms with Gasteiger partial charge in [0.2, 0.25) is 5.91 Å². The van der Waals surface area contributed by atoms with Crippen molar-refractivity contribution in [1.82, 2.24) is 4.90 Å². The zero-order valence-corrected chi connectivity index (χ0v) is 8.37. The summed E-state index contributed by atoms with van der Waals surface area (Å²) in [4.78, 5) is 23.8. The molecule has 0 radical (unpaired) electrons. The molecule has 1 fully saturated rings. The third-order valence-electron chi connectivity index (χ3n) is 1.99. The molecule has 0 aromatic carbocycles. The molecule has 0 saturated carbocycles. The Morgan fingerprint density at radius 3 is 2.85 bits per heavy atom. The number of carbonyl (C=O) groups excluding carboxylic acids is 2. The lowest BCUT2D eigenvalue weighted by Gasteiger charge is -2.21. The number of hydrogen-bond acceptors (Lipinski definition) is 3. The normalized spacial score (nSPS) is 22.3. The first-order chi connectivity index (χ1) is 6.07. The maximum absolute atomic E-state index is 11.2. The third-order valence-corrected chi connectivity index (χ3v) is 2.22. The van der Waals surface area contributed by atoms with Crippen LogP contribution in [0.4, 0.5) is 0 Å². The van der Waals surface area contributed by atoms with Crippen molar-refractivity contribution < 1.29 is 14.3 Å². The predicted octanol–water partition coefficient (Wildman–Crippen LogP) is 0.593. The molecule has 74 valence electrons. The van der Waals surface area contributed by atoms with Crippen molar-refractivity contribution in [2.45, 2.75) is 19.9 Å². The van der Waals surface area contributed by atoms with Gasteiger partial charge in [0.1, 0.15) is 11.9 Å². The van der Waals surface area contributed by atoms with E-state index >= 15 is 0 Å². The van der Waals surface area contributed by atoms with Crippen LogP contribution in [0.2, 0.25) is 0 Å². The van der Waals surface area contributed by atoms with Gasteiger partial charge in [0.05, 0.1) is 0 Å². The van der Waals surface area contributed by atoms with Gasteiger partial charge in [-0.3, -0.25) is 9.69 Å². The standard InChI is InChI=1S/C8H12ClNO3/c1-5(2)7-8(12)13-4-10(7)6(11)3-9/h5,7H,3-4H2,1-2H3. The van der Waals surface area contributed by atoms with Gasteiger partial charge in [-0.1, -0.05) is 13.8 Å². The van der Waals surface area contributed by atoms with E-state index in [-0.39, 0.29) is 30.4 Å². The number of carbonyl (C=O) groups is 2. The maximum Gasteiger partial charge on any atom is 0.330 e. The summed E-state index contributed by atoms with van der Waals surface area (Å²) in [7, 11) is 0. The van der Waals surface area contributed by atoms with Crippen LogP contribution in [0.15, 0.2) is 0 Å². The van der Waals surface area contributed by atoms with E-state index in [4.69, 9.17) is 16.3 Å². The van der Waals surface area contributed by atoms with Crippen molar-refractivity contribution in [3.63, 3.8) is 0 Å². The molecule has 1 amide bonds. The largest absolute Gasteiger partial charge is 0.443 e. The fraction of sp³-hybridized carbons (Fsp3) is 0.750. The van der Waals surface area contributed by atoms with Crippen LogP contribution in [0.25, 0.3) is 0 Å². The minimum Gasteiger partial charge on any atom is -0.443 e. The Morgan fingerprint density at radius 2 is 2.38 bits per heavy atom. The molecule has 1 saturated heterocycles. The van der Waals surface area contributed by atoms with Gasteiger partial charge < -0.3 is 4.74 Å². The van der Waals surface area contributed by atoms with Gasteiger partial charge in [0.15, 0.2) is 6.73 Å². The minimum atomic E-state index is -0.466. The van der Waals surface area contributed by atoms with Crippen LogP contribution >= 0.6 is 11.6 Å². The molecule has 0 aliphatic carbocycles. The van der Waals surface area contributed by atoms with Gasteiger partial charge in [-0.25, -0.2) is 4.79 Å². The molecule has 0 aromatic rings. The number of rotatable bonds is 2. The van der Waals surface area contributed by atoms with Gasteiger partial charge in [-0.2, -0.15) is 0 Å². The Balaban J connectivity index is 2.75. The quantitative estimate of drug-likeness (QED) is 0.490. The SMILES string of the molecule is CC(C)C1C(=O)OCN1C(=O)CCl. The van der Waals surface area contributed by atoms with Gasteiger partial charge >= 0.3 is 5.97 Å². The van der Waals surface area contributed by atoms with Crippen molar-refractivity contribution in [2.75, 3.05) is 12.6 Å². The van der Waals surface area contributed by atoms with Crippen LogP contribution in [-0.2, 0) is 14.3 Å². The number of hydrogen-bond donors (Lipinski definition) is 0. The second-order valence-electron chi connectivity index (χ2n) is 3.28. The highest BCUT2D eigenvalue weighted by Crippen LogP contribution is 2.19. The fourth-order valence-corrected chi connectivity index (χ4v) is 1.52. The average molecular weight is 206 g/mol. The molecule has 1 heterocycles. The lowest BCUT2D eigenvalue weighted by Crippen LogP contribution is -2.42. The highest BCUT2D eigenvalue weighted by molar-refractivity contribution is 6.27. The number of halogens is 1. The molecule has 1 rings (SSSR count). The Hall–Kier alpha value is -0.770. The molecule has 1 atom stereocenters. The molecule has 0 bridgehead atoms. The van der Waals surface area contributed by atoms with Crippen LogP contribution in [0, 0.1) is 5.92 Å². The van der Waals surface area contributed by atoms with Crippen molar-refractivity contribution >= 4 is 23.5 Å². The van der Waals surface area contributed by atoms with Gasteiger partial charge in [-0.15, -0.1) is 11.6 Å². The van der Waals surface area contributed by atoms with Gasteiger partial charge in [0.25, 0.3) is 0 Å². The Kier molecular flexibility index (Phi) is 3.14. The molecular weight excluding hydrogens is 194 g/mol. The van der Waals surface area contributed by atoms with E-state index in [1.54, 1.807) is 0 Å². The van der Waals surface area contributed by atoms with E-state index in [0.717, 1.165) is 0 Å². The number of alkyl halides is 1. The summed E-state index contributed by atoms with van der Waals surface area (Å²) >= 11 is 5.39. The molecule has 0 N–H and O–H groups in total. The topological polar surface area (TPSA) is 46.6 Å². The summed E-state index contributed by atoms with van der Waals surface area (Å²) < 4.78 is 4.77. The van der Waals surface area contributed by atoms with Crippen molar-refractivity contribution in [3.05, 3.63) is 0 Å². The van der Waals surface area contributed by atoms with E-state index in [1.165, 1.54) is 4.90 Å². The Bertz CT molecular complexity index is 229. The number of nitrogens with zero attached hydrogens (tertiary/aromatic N) is 1. The number of esters is 1. The zero-order valence-electron chi connectivity index (χ0n) is 7.62. The fourth-order valence-electron chi connectivity index (χ4n) is 1.36. The predicted molar refractivity (Wildman–Crippen MR) is 47.2 cm³/mol. The summed E-state index contributed by atoms with van der Waals surface area (Å²) in [5, 5.41) is 0. The molecule has 1 unspecified atom stereocenters. The first-order valence-corrected chi connectivity index (χ1v) is 4.63. The Morgan fingerprint density at radius 1 is 1.77 bits per heavy atom. The van der Waals surface area contributed by atoms with Gasteiger partial charge in [0, 0.05) is 0 Å². The van der Waals surface area contributed by atoms with Gasteiger partial charge in [-0.05, 0) is 5.92 Å². The molecule has 1 aliphatic rings. The second kappa shape index (κ2) is 3.96. The molecule has 0 aromatic heterocycles. The first-order valence-electron chi connectivity index (χ1n) is 4.10. The first kappa shape index (κ1) is 10.3. The summed E-state index contributed by atoms with van der Waals surface area (Å²) in [5.41, 5.74) is 0. The molecule has 0 spiro atoms. The summed E-state index contributed by atoms with van der Waals surface area (Å²) in [6.07, 6.45) is 0. The number of ether oxygens (including phenoxy) is 1. The van der Waals surface area contributed by atoms with E-state index in [2.05, 4.69) is 0 Å². The van der Waals surface area contributed by atoms with E-state index in [9.17, 15) is 9.59 Å². The van der Waals surface area contributed by atoms with Crippen molar-refractivity contribution in [3.8, 4) is 0 Å². The monoisotopic (exact) mass is 205 g/mol. The van der Waals surface area contributed by atoms with Crippen LogP contribution in [0.1, 0.15) is 13.8 Å². The van der Waals surface area contributed by atoms with Crippen LogP contribution in [0.5, 0.6) is 0 Å². The third kappa shape index (κ3) is 1.94. The smallest absolute Gasteiger partial charge is 0.330 e. The van der Waals surface area contributed by atoms with E-state index in [0.29, 0.717) is 0 Å². The molecule has 4 nitrogen and oxygen atoms in total. The van der Waals surface area contributed by atoms with Crippen molar-refractivity contribution in [1.29, 1.82) is 0 Å². The highest BCUT2D eigenvalue weighted by Gasteiger charge is 2.39. The maximum atomic E-state index is 11.2. The van der Waals surface area contributed by atoms with Crippen LogP contribution in [0.3, 0.4) is 0 Å². The van der Waals surface area contributed by atoms with Crippen LogP contribution < -0.4 is 0 Å².